The van der Waals surface area contributed by atoms with Gasteiger partial charge in [-0.05, 0) is 30.7 Å². The lowest BCUT2D eigenvalue weighted by Gasteiger charge is -2.03. The third-order valence-corrected chi connectivity index (χ3v) is 4.19. The van der Waals surface area contributed by atoms with Gasteiger partial charge in [-0.2, -0.15) is 0 Å². The van der Waals surface area contributed by atoms with E-state index in [0.29, 0.717) is 22.0 Å². The van der Waals surface area contributed by atoms with Crippen LogP contribution in [0.25, 0.3) is 10.9 Å². The van der Waals surface area contributed by atoms with Gasteiger partial charge in [-0.25, -0.2) is 4.39 Å². The second-order valence-electron chi connectivity index (χ2n) is 4.66. The molecule has 1 aromatic heterocycles. The number of halogens is 2. The highest BCUT2D eigenvalue weighted by atomic mass is 79.9. The van der Waals surface area contributed by atoms with E-state index in [1.165, 1.54) is 6.07 Å². The lowest BCUT2D eigenvalue weighted by atomic mass is 10.0. The van der Waals surface area contributed by atoms with Crippen molar-refractivity contribution >= 4 is 32.6 Å². The number of aromatic nitrogens is 1. The van der Waals surface area contributed by atoms with Crippen LogP contribution in [0.5, 0.6) is 0 Å². The van der Waals surface area contributed by atoms with Crippen molar-refractivity contribution in [3.8, 4) is 0 Å². The number of hydrogen-bond donors (Lipinski definition) is 1. The molecule has 0 amide bonds. The Labute approximate surface area is 123 Å². The minimum Gasteiger partial charge on any atom is -0.360 e. The third-order valence-electron chi connectivity index (χ3n) is 3.33. The topological polar surface area (TPSA) is 32.9 Å². The highest BCUT2D eigenvalue weighted by Crippen LogP contribution is 2.25. The molecule has 1 heterocycles. The fraction of sp³-hybridized carbons (Fsp3) is 0.0625. The maximum atomic E-state index is 13.9. The molecule has 0 bridgehead atoms. The van der Waals surface area contributed by atoms with Crippen LogP contribution >= 0.6 is 15.9 Å². The van der Waals surface area contributed by atoms with Crippen molar-refractivity contribution in [1.82, 2.24) is 4.98 Å². The molecule has 20 heavy (non-hydrogen) atoms. The summed E-state index contributed by atoms with van der Waals surface area (Å²) in [7, 11) is 0. The van der Waals surface area contributed by atoms with Crippen molar-refractivity contribution in [2.45, 2.75) is 6.92 Å². The molecule has 0 aliphatic carbocycles. The van der Waals surface area contributed by atoms with Crippen LogP contribution in [0, 0.1) is 12.7 Å². The van der Waals surface area contributed by atoms with Gasteiger partial charge in [0.2, 0.25) is 0 Å². The van der Waals surface area contributed by atoms with E-state index in [-0.39, 0.29) is 5.78 Å². The van der Waals surface area contributed by atoms with Gasteiger partial charge in [0.25, 0.3) is 0 Å². The number of hydrogen-bond acceptors (Lipinski definition) is 1. The second-order valence-corrected chi connectivity index (χ2v) is 5.51. The third kappa shape index (κ3) is 2.06. The predicted molar refractivity (Wildman–Crippen MR) is 80.6 cm³/mol. The lowest BCUT2D eigenvalue weighted by Crippen LogP contribution is -2.01. The van der Waals surface area contributed by atoms with E-state index in [0.717, 1.165) is 10.0 Å². The largest absolute Gasteiger partial charge is 0.360 e. The molecule has 0 saturated heterocycles. The SMILES string of the molecule is Cc1ccc(C(=O)c2c[nH]c3cccc(F)c23)cc1Br. The van der Waals surface area contributed by atoms with Crippen molar-refractivity contribution in [3.63, 3.8) is 0 Å². The number of carbonyl (C=O) groups is 1. The maximum absolute atomic E-state index is 13.9. The molecule has 0 atom stereocenters. The van der Waals surface area contributed by atoms with Crippen LogP contribution in [0.3, 0.4) is 0 Å². The average molecular weight is 332 g/mol. The molecular formula is C16H11BrFNO. The molecule has 100 valence electrons. The normalized spacial score (nSPS) is 10.9. The number of benzene rings is 2. The Morgan fingerprint density at radius 3 is 2.80 bits per heavy atom. The zero-order valence-electron chi connectivity index (χ0n) is 10.7. The molecule has 0 unspecified atom stereocenters. The molecule has 1 N–H and O–H groups in total. The van der Waals surface area contributed by atoms with E-state index in [1.54, 1.807) is 30.5 Å². The Morgan fingerprint density at radius 1 is 1.25 bits per heavy atom. The van der Waals surface area contributed by atoms with E-state index in [4.69, 9.17) is 0 Å². The standard InChI is InChI=1S/C16H11BrFNO/c1-9-5-6-10(7-12(9)17)16(20)11-8-19-14-4-2-3-13(18)15(11)14/h2-8,19H,1H3. The van der Waals surface area contributed by atoms with Crippen molar-refractivity contribution in [3.05, 3.63) is 69.6 Å². The summed E-state index contributed by atoms with van der Waals surface area (Å²) in [4.78, 5) is 15.5. The Kier molecular flexibility index (Phi) is 3.18. The second kappa shape index (κ2) is 4.87. The average Bonchev–Trinajstić information content (AvgIpc) is 2.86. The molecule has 4 heteroatoms. The van der Waals surface area contributed by atoms with Gasteiger partial charge in [0.1, 0.15) is 5.82 Å². The number of rotatable bonds is 2. The molecule has 0 aliphatic heterocycles. The van der Waals surface area contributed by atoms with Crippen LogP contribution in [0.1, 0.15) is 21.5 Å². The molecule has 0 spiro atoms. The van der Waals surface area contributed by atoms with Crippen LogP contribution in [0.15, 0.2) is 47.1 Å². The molecule has 0 saturated carbocycles. The number of carbonyl (C=O) groups excluding carboxylic acids is 1. The lowest BCUT2D eigenvalue weighted by molar-refractivity contribution is 0.104. The van der Waals surface area contributed by atoms with E-state index >= 15 is 0 Å². The quantitative estimate of drug-likeness (QED) is 0.683. The van der Waals surface area contributed by atoms with Crippen LogP contribution < -0.4 is 0 Å². The van der Waals surface area contributed by atoms with Crippen LogP contribution in [-0.2, 0) is 0 Å². The first-order valence-corrected chi connectivity index (χ1v) is 6.93. The smallest absolute Gasteiger partial charge is 0.195 e. The minimum atomic E-state index is -0.390. The molecule has 0 radical (unpaired) electrons. The Morgan fingerprint density at radius 2 is 2.05 bits per heavy atom. The highest BCUT2D eigenvalue weighted by molar-refractivity contribution is 9.10. The fourth-order valence-electron chi connectivity index (χ4n) is 2.21. The van der Waals surface area contributed by atoms with Crippen molar-refractivity contribution < 1.29 is 9.18 Å². The summed E-state index contributed by atoms with van der Waals surface area (Å²) in [5, 5.41) is 0.342. The summed E-state index contributed by atoms with van der Waals surface area (Å²) in [6, 6.07) is 10.1. The highest BCUT2D eigenvalue weighted by Gasteiger charge is 2.17. The van der Waals surface area contributed by atoms with Gasteiger partial charge in [0.15, 0.2) is 5.78 Å². The van der Waals surface area contributed by atoms with Gasteiger partial charge in [0, 0.05) is 27.1 Å². The van der Waals surface area contributed by atoms with Crippen molar-refractivity contribution in [2.24, 2.45) is 0 Å². The summed E-state index contributed by atoms with van der Waals surface area (Å²) in [6.07, 6.45) is 1.56. The number of nitrogens with one attached hydrogen (secondary N) is 1. The number of H-pyrrole nitrogens is 1. The van der Waals surface area contributed by atoms with Crippen LogP contribution in [-0.4, -0.2) is 10.8 Å². The first kappa shape index (κ1) is 13.1. The minimum absolute atomic E-state index is 0.193. The first-order chi connectivity index (χ1) is 9.58. The summed E-state index contributed by atoms with van der Waals surface area (Å²) >= 11 is 3.41. The maximum Gasteiger partial charge on any atom is 0.195 e. The van der Waals surface area contributed by atoms with E-state index in [2.05, 4.69) is 20.9 Å². The zero-order chi connectivity index (χ0) is 14.3. The first-order valence-electron chi connectivity index (χ1n) is 6.14. The van der Waals surface area contributed by atoms with Crippen LogP contribution in [0.2, 0.25) is 0 Å². The predicted octanol–water partition coefficient (Wildman–Crippen LogP) is 4.61. The summed E-state index contributed by atoms with van der Waals surface area (Å²) in [5.74, 6) is -0.583. The van der Waals surface area contributed by atoms with Crippen molar-refractivity contribution in [1.29, 1.82) is 0 Å². The van der Waals surface area contributed by atoms with Gasteiger partial charge < -0.3 is 4.98 Å². The molecule has 2 aromatic carbocycles. The monoisotopic (exact) mass is 331 g/mol. The molecule has 3 rings (SSSR count). The summed E-state index contributed by atoms with van der Waals surface area (Å²) in [6.45, 7) is 1.95. The van der Waals surface area contributed by atoms with E-state index in [1.807, 2.05) is 13.0 Å². The molecule has 2 nitrogen and oxygen atoms in total. The van der Waals surface area contributed by atoms with Crippen molar-refractivity contribution in [2.75, 3.05) is 0 Å². The summed E-state index contributed by atoms with van der Waals surface area (Å²) < 4.78 is 14.8. The molecule has 0 aliphatic rings. The van der Waals surface area contributed by atoms with Gasteiger partial charge in [-0.3, -0.25) is 4.79 Å². The number of ketones is 1. The number of fused-ring (bicyclic) bond motifs is 1. The van der Waals surface area contributed by atoms with Crippen LogP contribution in [0.4, 0.5) is 4.39 Å². The van der Waals surface area contributed by atoms with Gasteiger partial charge in [0.05, 0.1) is 5.56 Å². The molecule has 0 fully saturated rings. The van der Waals surface area contributed by atoms with Gasteiger partial charge >= 0.3 is 0 Å². The molecular weight excluding hydrogens is 321 g/mol. The number of aryl methyl sites for hydroxylation is 1. The summed E-state index contributed by atoms with van der Waals surface area (Å²) in [5.41, 5.74) is 2.56. The number of aromatic amines is 1. The molecule has 3 aromatic rings. The van der Waals surface area contributed by atoms with Gasteiger partial charge in [-0.1, -0.05) is 34.1 Å². The fourth-order valence-corrected chi connectivity index (χ4v) is 2.59. The Balaban J connectivity index is 2.15. The van der Waals surface area contributed by atoms with E-state index < -0.39 is 5.82 Å². The Hall–Kier alpha value is -1.94. The Bertz CT molecular complexity index is 822. The van der Waals surface area contributed by atoms with E-state index in [9.17, 15) is 9.18 Å². The zero-order valence-corrected chi connectivity index (χ0v) is 12.3. The van der Waals surface area contributed by atoms with Gasteiger partial charge in [-0.15, -0.1) is 0 Å².